The molecule has 0 bridgehead atoms. The first-order valence-corrected chi connectivity index (χ1v) is 6.09. The van der Waals surface area contributed by atoms with Crippen LogP contribution in [0.25, 0.3) is 0 Å². The molecule has 1 aromatic rings. The molecule has 1 aliphatic heterocycles. The smallest absolute Gasteiger partial charge is 0.0430 e. The van der Waals surface area contributed by atoms with Gasteiger partial charge in [-0.1, -0.05) is 25.1 Å². The third-order valence-electron chi connectivity index (χ3n) is 3.58. The fourth-order valence-corrected chi connectivity index (χ4v) is 2.55. The molecule has 0 fully saturated rings. The van der Waals surface area contributed by atoms with Crippen molar-refractivity contribution in [1.82, 2.24) is 0 Å². The third-order valence-corrected chi connectivity index (χ3v) is 3.58. The van der Waals surface area contributed by atoms with Gasteiger partial charge in [0.05, 0.1) is 0 Å². The van der Waals surface area contributed by atoms with Crippen LogP contribution in [0.5, 0.6) is 0 Å². The van der Waals surface area contributed by atoms with Crippen molar-refractivity contribution in [3.05, 3.63) is 29.3 Å². The summed E-state index contributed by atoms with van der Waals surface area (Å²) >= 11 is 0. The number of rotatable bonds is 2. The van der Waals surface area contributed by atoms with Gasteiger partial charge < -0.3 is 4.90 Å². The number of anilines is 1. The van der Waals surface area contributed by atoms with Gasteiger partial charge in [-0.25, -0.2) is 0 Å². The van der Waals surface area contributed by atoms with Crippen LogP contribution in [0.1, 0.15) is 37.8 Å². The first-order valence-electron chi connectivity index (χ1n) is 6.09. The first-order chi connectivity index (χ1) is 7.24. The van der Waals surface area contributed by atoms with Crippen molar-refractivity contribution in [3.63, 3.8) is 0 Å². The van der Waals surface area contributed by atoms with E-state index in [1.165, 1.54) is 37.1 Å². The van der Waals surface area contributed by atoms with Gasteiger partial charge in [-0.3, -0.25) is 0 Å². The number of nitrogens with zero attached hydrogens (tertiary/aromatic N) is 1. The predicted molar refractivity (Wildman–Crippen MR) is 66.6 cm³/mol. The van der Waals surface area contributed by atoms with Gasteiger partial charge in [0, 0.05) is 18.3 Å². The Bertz CT molecular complexity index is 343. The molecule has 0 amide bonds. The molecule has 82 valence electrons. The van der Waals surface area contributed by atoms with E-state index in [1.807, 2.05) is 0 Å². The fraction of sp³-hybridized carbons (Fsp3) is 0.571. The lowest BCUT2D eigenvalue weighted by Crippen LogP contribution is -2.37. The van der Waals surface area contributed by atoms with E-state index in [0.717, 1.165) is 0 Å². The van der Waals surface area contributed by atoms with Crippen LogP contribution in [-0.4, -0.2) is 12.6 Å². The summed E-state index contributed by atoms with van der Waals surface area (Å²) in [6.07, 6.45) is 3.79. The normalized spacial score (nSPS) is 17.4. The minimum Gasteiger partial charge on any atom is -0.368 e. The lowest BCUT2D eigenvalue weighted by atomic mass is 9.96. The van der Waals surface area contributed by atoms with Gasteiger partial charge in [-0.2, -0.15) is 0 Å². The molecule has 0 radical (unpaired) electrons. The SMILES string of the molecule is CC[C@H](C)N1CCCc2cccc(C)c21. The van der Waals surface area contributed by atoms with Crippen LogP contribution in [0.4, 0.5) is 5.69 Å². The number of aryl methyl sites for hydroxylation is 2. The van der Waals surface area contributed by atoms with E-state index in [4.69, 9.17) is 0 Å². The minimum atomic E-state index is 0.671. The number of para-hydroxylation sites is 1. The van der Waals surface area contributed by atoms with Crippen LogP contribution in [0.3, 0.4) is 0 Å². The van der Waals surface area contributed by atoms with E-state index in [9.17, 15) is 0 Å². The molecule has 0 saturated carbocycles. The topological polar surface area (TPSA) is 3.24 Å². The summed E-state index contributed by atoms with van der Waals surface area (Å²) < 4.78 is 0. The van der Waals surface area contributed by atoms with E-state index in [1.54, 1.807) is 5.56 Å². The van der Waals surface area contributed by atoms with Crippen LogP contribution < -0.4 is 4.90 Å². The van der Waals surface area contributed by atoms with Crippen molar-refractivity contribution < 1.29 is 0 Å². The van der Waals surface area contributed by atoms with Crippen LogP contribution in [-0.2, 0) is 6.42 Å². The van der Waals surface area contributed by atoms with E-state index < -0.39 is 0 Å². The molecule has 0 aliphatic carbocycles. The molecule has 0 N–H and O–H groups in total. The standard InChI is InChI=1S/C14H21N/c1-4-12(3)15-10-6-9-13-8-5-7-11(2)14(13)15/h5,7-8,12H,4,6,9-10H2,1-3H3/t12-/m0/s1. The van der Waals surface area contributed by atoms with E-state index in [0.29, 0.717) is 6.04 Å². The Hall–Kier alpha value is -0.980. The predicted octanol–water partition coefficient (Wildman–Crippen LogP) is 3.55. The van der Waals surface area contributed by atoms with Gasteiger partial charge in [0.15, 0.2) is 0 Å². The van der Waals surface area contributed by atoms with Gasteiger partial charge in [-0.15, -0.1) is 0 Å². The largest absolute Gasteiger partial charge is 0.368 e. The van der Waals surface area contributed by atoms with E-state index in [2.05, 4.69) is 43.9 Å². The zero-order valence-corrected chi connectivity index (χ0v) is 10.1. The first kappa shape index (κ1) is 10.5. The van der Waals surface area contributed by atoms with Crippen LogP contribution in [0, 0.1) is 6.92 Å². The second-order valence-electron chi connectivity index (χ2n) is 4.64. The lowest BCUT2D eigenvalue weighted by molar-refractivity contribution is 0.578. The van der Waals surface area contributed by atoms with Crippen LogP contribution >= 0.6 is 0 Å². The number of hydrogen-bond donors (Lipinski definition) is 0. The molecular weight excluding hydrogens is 182 g/mol. The second kappa shape index (κ2) is 4.26. The van der Waals surface area contributed by atoms with Gasteiger partial charge in [-0.05, 0) is 44.2 Å². The molecule has 1 atom stereocenters. The Balaban J connectivity index is 2.40. The highest BCUT2D eigenvalue weighted by Crippen LogP contribution is 2.32. The van der Waals surface area contributed by atoms with Crippen molar-refractivity contribution in [3.8, 4) is 0 Å². The summed E-state index contributed by atoms with van der Waals surface area (Å²) in [5.74, 6) is 0. The highest BCUT2D eigenvalue weighted by Gasteiger charge is 2.21. The summed E-state index contributed by atoms with van der Waals surface area (Å²) in [6.45, 7) is 8.07. The molecule has 1 nitrogen and oxygen atoms in total. The Morgan fingerprint density at radius 2 is 2.20 bits per heavy atom. The highest BCUT2D eigenvalue weighted by molar-refractivity contribution is 5.61. The average molecular weight is 203 g/mol. The molecule has 0 unspecified atom stereocenters. The Kier molecular flexibility index (Phi) is 2.99. The van der Waals surface area contributed by atoms with E-state index in [-0.39, 0.29) is 0 Å². The highest BCUT2D eigenvalue weighted by atomic mass is 15.2. The summed E-state index contributed by atoms with van der Waals surface area (Å²) in [5.41, 5.74) is 4.49. The third kappa shape index (κ3) is 1.88. The summed E-state index contributed by atoms with van der Waals surface area (Å²) in [7, 11) is 0. The Labute approximate surface area is 93.1 Å². The summed E-state index contributed by atoms with van der Waals surface area (Å²) in [5, 5.41) is 0. The number of hydrogen-bond acceptors (Lipinski definition) is 1. The molecule has 1 heterocycles. The van der Waals surface area contributed by atoms with Crippen molar-refractivity contribution in [2.75, 3.05) is 11.4 Å². The van der Waals surface area contributed by atoms with Gasteiger partial charge in [0.2, 0.25) is 0 Å². The van der Waals surface area contributed by atoms with Gasteiger partial charge >= 0.3 is 0 Å². The fourth-order valence-electron chi connectivity index (χ4n) is 2.55. The quantitative estimate of drug-likeness (QED) is 0.710. The maximum absolute atomic E-state index is 2.59. The van der Waals surface area contributed by atoms with Crippen molar-refractivity contribution >= 4 is 5.69 Å². The van der Waals surface area contributed by atoms with E-state index >= 15 is 0 Å². The number of benzene rings is 1. The van der Waals surface area contributed by atoms with Crippen molar-refractivity contribution in [2.45, 2.75) is 46.1 Å². The molecule has 2 rings (SSSR count). The molecule has 0 saturated heterocycles. The van der Waals surface area contributed by atoms with Crippen molar-refractivity contribution in [2.24, 2.45) is 0 Å². The lowest BCUT2D eigenvalue weighted by Gasteiger charge is -2.37. The minimum absolute atomic E-state index is 0.671. The molecular formula is C14H21N. The molecule has 0 spiro atoms. The van der Waals surface area contributed by atoms with Crippen molar-refractivity contribution in [1.29, 1.82) is 0 Å². The summed E-state index contributed by atoms with van der Waals surface area (Å²) in [6, 6.07) is 7.38. The summed E-state index contributed by atoms with van der Waals surface area (Å²) in [4.78, 5) is 2.59. The maximum Gasteiger partial charge on any atom is 0.0430 e. The second-order valence-corrected chi connectivity index (χ2v) is 4.64. The number of fused-ring (bicyclic) bond motifs is 1. The maximum atomic E-state index is 2.59. The zero-order chi connectivity index (χ0) is 10.8. The van der Waals surface area contributed by atoms with Gasteiger partial charge in [0.1, 0.15) is 0 Å². The molecule has 1 aromatic carbocycles. The average Bonchev–Trinajstić information content (AvgIpc) is 2.28. The van der Waals surface area contributed by atoms with Crippen LogP contribution in [0.15, 0.2) is 18.2 Å². The van der Waals surface area contributed by atoms with Crippen LogP contribution in [0.2, 0.25) is 0 Å². The monoisotopic (exact) mass is 203 g/mol. The molecule has 0 aromatic heterocycles. The van der Waals surface area contributed by atoms with Gasteiger partial charge in [0.25, 0.3) is 0 Å². The zero-order valence-electron chi connectivity index (χ0n) is 10.1. The molecule has 1 heteroatoms. The molecule has 1 aliphatic rings. The molecule has 15 heavy (non-hydrogen) atoms. The Morgan fingerprint density at radius 3 is 2.93 bits per heavy atom. The Morgan fingerprint density at radius 1 is 1.40 bits per heavy atom.